The summed E-state index contributed by atoms with van der Waals surface area (Å²) in [5.41, 5.74) is -0.629. The standard InChI is InChI=1S/C12H13N5O4/c1-16-7-14-10(15-16)5-6-13-9-4-2-3-8(12(18)19)11(9)17(20)21/h2-4,7,13H,5-6H2,1H3,(H,18,19). The third-order valence-corrected chi connectivity index (χ3v) is 2.76. The molecule has 0 amide bonds. The minimum Gasteiger partial charge on any atom is -0.477 e. The predicted molar refractivity (Wildman–Crippen MR) is 73.3 cm³/mol. The van der Waals surface area contributed by atoms with Crippen molar-refractivity contribution in [3.05, 3.63) is 46.0 Å². The van der Waals surface area contributed by atoms with Crippen molar-refractivity contribution >= 4 is 17.3 Å². The van der Waals surface area contributed by atoms with Gasteiger partial charge >= 0.3 is 11.7 Å². The van der Waals surface area contributed by atoms with Gasteiger partial charge in [0.2, 0.25) is 0 Å². The predicted octanol–water partition coefficient (Wildman–Crippen LogP) is 1.08. The van der Waals surface area contributed by atoms with E-state index in [1.807, 2.05) is 0 Å². The number of benzene rings is 1. The fraction of sp³-hybridized carbons (Fsp3) is 0.250. The highest BCUT2D eigenvalue weighted by Crippen LogP contribution is 2.28. The zero-order valence-corrected chi connectivity index (χ0v) is 11.2. The van der Waals surface area contributed by atoms with E-state index in [-0.39, 0.29) is 11.3 Å². The Labute approximate surface area is 119 Å². The molecule has 2 aromatic rings. The number of hydrogen-bond donors (Lipinski definition) is 2. The molecule has 9 nitrogen and oxygen atoms in total. The van der Waals surface area contributed by atoms with E-state index in [9.17, 15) is 14.9 Å². The lowest BCUT2D eigenvalue weighted by Gasteiger charge is -2.07. The van der Waals surface area contributed by atoms with Gasteiger partial charge in [-0.25, -0.2) is 9.78 Å². The van der Waals surface area contributed by atoms with Crippen LogP contribution in [0.15, 0.2) is 24.5 Å². The monoisotopic (exact) mass is 291 g/mol. The topological polar surface area (TPSA) is 123 Å². The molecule has 0 saturated carbocycles. The van der Waals surface area contributed by atoms with Crippen LogP contribution >= 0.6 is 0 Å². The van der Waals surface area contributed by atoms with Gasteiger partial charge in [-0.2, -0.15) is 5.10 Å². The molecule has 1 heterocycles. The molecule has 0 aliphatic carbocycles. The Morgan fingerprint density at radius 3 is 2.86 bits per heavy atom. The maximum Gasteiger partial charge on any atom is 0.342 e. The van der Waals surface area contributed by atoms with Crippen LogP contribution in [-0.2, 0) is 13.5 Å². The zero-order chi connectivity index (χ0) is 15.4. The van der Waals surface area contributed by atoms with Gasteiger partial charge in [0.25, 0.3) is 0 Å². The molecule has 0 unspecified atom stereocenters. The first-order valence-electron chi connectivity index (χ1n) is 6.08. The van der Waals surface area contributed by atoms with Crippen LogP contribution in [0.4, 0.5) is 11.4 Å². The van der Waals surface area contributed by atoms with Crippen LogP contribution < -0.4 is 5.32 Å². The molecule has 0 fully saturated rings. The number of carboxylic acid groups (broad SMARTS) is 1. The van der Waals surface area contributed by atoms with Gasteiger partial charge in [-0.1, -0.05) is 6.07 Å². The number of aryl methyl sites for hydroxylation is 1. The molecule has 0 radical (unpaired) electrons. The highest BCUT2D eigenvalue weighted by molar-refractivity contribution is 5.95. The van der Waals surface area contributed by atoms with Crippen LogP contribution in [-0.4, -0.2) is 37.3 Å². The lowest BCUT2D eigenvalue weighted by atomic mass is 10.1. The quantitative estimate of drug-likeness (QED) is 0.602. The van der Waals surface area contributed by atoms with Crippen LogP contribution in [0.25, 0.3) is 0 Å². The first-order valence-corrected chi connectivity index (χ1v) is 6.08. The molecule has 110 valence electrons. The van der Waals surface area contributed by atoms with Crippen molar-refractivity contribution in [1.29, 1.82) is 0 Å². The number of nitrogens with one attached hydrogen (secondary N) is 1. The van der Waals surface area contributed by atoms with Crippen molar-refractivity contribution in [2.45, 2.75) is 6.42 Å². The van der Waals surface area contributed by atoms with Crippen molar-refractivity contribution in [1.82, 2.24) is 14.8 Å². The van der Waals surface area contributed by atoms with E-state index >= 15 is 0 Å². The number of aromatic carboxylic acids is 1. The van der Waals surface area contributed by atoms with E-state index in [4.69, 9.17) is 5.11 Å². The summed E-state index contributed by atoms with van der Waals surface area (Å²) in [5, 5.41) is 27.0. The van der Waals surface area contributed by atoms with Crippen LogP contribution in [0.3, 0.4) is 0 Å². The average Bonchev–Trinajstić information content (AvgIpc) is 2.83. The number of nitro benzene ring substituents is 1. The van der Waals surface area contributed by atoms with Crippen LogP contribution in [0.5, 0.6) is 0 Å². The van der Waals surface area contributed by atoms with E-state index in [1.165, 1.54) is 18.2 Å². The molecular formula is C12H13N5O4. The van der Waals surface area contributed by atoms with Crippen molar-refractivity contribution in [3.8, 4) is 0 Å². The summed E-state index contributed by atoms with van der Waals surface area (Å²) >= 11 is 0. The number of aromatic nitrogens is 3. The van der Waals surface area contributed by atoms with Crippen molar-refractivity contribution in [3.63, 3.8) is 0 Å². The SMILES string of the molecule is Cn1cnc(CCNc2cccc(C(=O)O)c2[N+](=O)[O-])n1. The highest BCUT2D eigenvalue weighted by atomic mass is 16.6. The minimum absolute atomic E-state index is 0.163. The zero-order valence-electron chi connectivity index (χ0n) is 11.2. The molecule has 1 aromatic carbocycles. The Bertz CT molecular complexity index is 682. The average molecular weight is 291 g/mol. The molecule has 1 aromatic heterocycles. The van der Waals surface area contributed by atoms with E-state index < -0.39 is 16.6 Å². The smallest absolute Gasteiger partial charge is 0.342 e. The van der Waals surface area contributed by atoms with Crippen molar-refractivity contribution in [2.75, 3.05) is 11.9 Å². The molecule has 2 rings (SSSR count). The summed E-state index contributed by atoms with van der Waals surface area (Å²) in [7, 11) is 1.74. The van der Waals surface area contributed by atoms with Gasteiger partial charge in [-0.3, -0.25) is 14.8 Å². The molecule has 0 aliphatic rings. The Kier molecular flexibility index (Phi) is 4.12. The summed E-state index contributed by atoms with van der Waals surface area (Å²) in [4.78, 5) is 25.4. The molecule has 0 atom stereocenters. The Balaban J connectivity index is 2.14. The summed E-state index contributed by atoms with van der Waals surface area (Å²) in [6.45, 7) is 0.355. The lowest BCUT2D eigenvalue weighted by molar-refractivity contribution is -0.384. The van der Waals surface area contributed by atoms with Gasteiger partial charge in [-0.05, 0) is 12.1 Å². The molecule has 0 aliphatic heterocycles. The fourth-order valence-electron chi connectivity index (χ4n) is 1.86. The largest absolute Gasteiger partial charge is 0.477 e. The van der Waals surface area contributed by atoms with Crippen LogP contribution in [0.1, 0.15) is 16.2 Å². The van der Waals surface area contributed by atoms with Gasteiger partial charge in [-0.15, -0.1) is 0 Å². The number of hydrogen-bond acceptors (Lipinski definition) is 6. The number of carboxylic acids is 1. The minimum atomic E-state index is -1.34. The van der Waals surface area contributed by atoms with Crippen LogP contribution in [0.2, 0.25) is 0 Å². The molecule has 0 bridgehead atoms. The van der Waals surface area contributed by atoms with E-state index in [0.717, 1.165) is 0 Å². The highest BCUT2D eigenvalue weighted by Gasteiger charge is 2.23. The van der Waals surface area contributed by atoms with Gasteiger partial charge in [0, 0.05) is 20.0 Å². The van der Waals surface area contributed by atoms with E-state index in [2.05, 4.69) is 15.4 Å². The fourth-order valence-corrected chi connectivity index (χ4v) is 1.86. The molecule has 0 spiro atoms. The summed E-state index contributed by atoms with van der Waals surface area (Å²) < 4.78 is 1.56. The molecule has 0 saturated heterocycles. The third kappa shape index (κ3) is 3.32. The number of rotatable bonds is 6. The number of nitrogens with zero attached hydrogens (tertiary/aromatic N) is 4. The van der Waals surface area contributed by atoms with Gasteiger partial charge < -0.3 is 10.4 Å². The molecule has 2 N–H and O–H groups in total. The lowest BCUT2D eigenvalue weighted by Crippen LogP contribution is -2.10. The second-order valence-electron chi connectivity index (χ2n) is 4.28. The number of para-hydroxylation sites is 1. The van der Waals surface area contributed by atoms with Gasteiger partial charge in [0.1, 0.15) is 17.6 Å². The first-order chi connectivity index (χ1) is 9.99. The third-order valence-electron chi connectivity index (χ3n) is 2.76. The Morgan fingerprint density at radius 2 is 2.29 bits per heavy atom. The number of nitro groups is 1. The molecule has 21 heavy (non-hydrogen) atoms. The van der Waals surface area contributed by atoms with Gasteiger partial charge in [0.15, 0.2) is 5.82 Å². The molecule has 9 heteroatoms. The maximum atomic E-state index is 11.1. The first kappa shape index (κ1) is 14.4. The normalized spacial score (nSPS) is 10.3. The van der Waals surface area contributed by atoms with Crippen molar-refractivity contribution < 1.29 is 14.8 Å². The second kappa shape index (κ2) is 5.99. The molecular weight excluding hydrogens is 278 g/mol. The Morgan fingerprint density at radius 1 is 1.52 bits per heavy atom. The van der Waals surface area contributed by atoms with Crippen LogP contribution in [0, 0.1) is 10.1 Å². The number of anilines is 1. The summed E-state index contributed by atoms with van der Waals surface area (Å²) in [6, 6.07) is 4.13. The summed E-state index contributed by atoms with van der Waals surface area (Å²) in [6.07, 6.45) is 2.03. The van der Waals surface area contributed by atoms with E-state index in [0.29, 0.717) is 18.8 Å². The van der Waals surface area contributed by atoms with E-state index in [1.54, 1.807) is 18.1 Å². The van der Waals surface area contributed by atoms with Crippen molar-refractivity contribution in [2.24, 2.45) is 7.05 Å². The van der Waals surface area contributed by atoms with Gasteiger partial charge in [0.05, 0.1) is 4.92 Å². The summed E-state index contributed by atoms with van der Waals surface area (Å²) in [5.74, 6) is -0.737. The maximum absolute atomic E-state index is 11.1. The number of carbonyl (C=O) groups is 1. The second-order valence-corrected chi connectivity index (χ2v) is 4.28. The Hall–Kier alpha value is -2.97.